The molecule has 1 aliphatic heterocycles. The van der Waals surface area contributed by atoms with E-state index in [0.29, 0.717) is 51.1 Å². The van der Waals surface area contributed by atoms with E-state index in [1.165, 1.54) is 0 Å². The number of nitrogens with zero attached hydrogens (tertiary/aromatic N) is 4. The molecule has 0 bridgehead atoms. The van der Waals surface area contributed by atoms with Gasteiger partial charge in [0.1, 0.15) is 0 Å². The van der Waals surface area contributed by atoms with Crippen LogP contribution in [0.25, 0.3) is 10.9 Å². The lowest BCUT2D eigenvalue weighted by atomic mass is 10.1. The highest BCUT2D eigenvalue weighted by Gasteiger charge is 2.27. The molecular formula is C22H30N4O3S. The Balaban J connectivity index is 1.62. The lowest BCUT2D eigenvalue weighted by molar-refractivity contribution is 0.0903. The first-order chi connectivity index (χ1) is 14.5. The van der Waals surface area contributed by atoms with Gasteiger partial charge in [0.25, 0.3) is 0 Å². The average molecular weight is 431 g/mol. The summed E-state index contributed by atoms with van der Waals surface area (Å²) in [6.45, 7) is 4.88. The summed E-state index contributed by atoms with van der Waals surface area (Å²) >= 11 is 0. The lowest BCUT2D eigenvalue weighted by Crippen LogP contribution is -2.50. The number of hydrogen-bond acceptors (Lipinski definition) is 5. The van der Waals surface area contributed by atoms with E-state index in [1.54, 1.807) is 4.31 Å². The van der Waals surface area contributed by atoms with Crippen LogP contribution in [0.4, 0.5) is 0 Å². The molecule has 1 aliphatic rings. The molecule has 7 nitrogen and oxygen atoms in total. The number of sulfonamides is 1. The van der Waals surface area contributed by atoms with Gasteiger partial charge in [0, 0.05) is 55.4 Å². The molecule has 2 aromatic rings. The minimum atomic E-state index is -3.20. The molecule has 1 aromatic carbocycles. The van der Waals surface area contributed by atoms with Crippen LogP contribution >= 0.6 is 0 Å². The first kappa shape index (κ1) is 22.5. The molecule has 0 spiro atoms. The summed E-state index contributed by atoms with van der Waals surface area (Å²) in [5, 5.41) is 9.79. The largest absolute Gasteiger partial charge is 0.346 e. The molecule has 0 N–H and O–H groups in total. The first-order valence-corrected chi connectivity index (χ1v) is 12.3. The van der Waals surface area contributed by atoms with Gasteiger partial charge in [-0.2, -0.15) is 9.57 Å². The molecule has 0 atom stereocenters. The Morgan fingerprint density at radius 1 is 1.13 bits per heavy atom. The predicted molar refractivity (Wildman–Crippen MR) is 118 cm³/mol. The van der Waals surface area contributed by atoms with Crippen LogP contribution in [0.1, 0.15) is 43.0 Å². The van der Waals surface area contributed by atoms with Gasteiger partial charge in [0.05, 0.1) is 24.8 Å². The summed E-state index contributed by atoms with van der Waals surface area (Å²) in [6.07, 6.45) is 4.86. The highest BCUT2D eigenvalue weighted by Crippen LogP contribution is 2.23. The number of fused-ring (bicyclic) bond motifs is 1. The van der Waals surface area contributed by atoms with Crippen molar-refractivity contribution in [1.82, 2.24) is 13.8 Å². The number of hydrogen-bond donors (Lipinski definition) is 0. The zero-order chi connectivity index (χ0) is 21.6. The molecule has 0 aliphatic carbocycles. The molecule has 1 aromatic heterocycles. The maximum absolute atomic E-state index is 13.0. The molecule has 3 rings (SSSR count). The maximum Gasteiger partial charge on any atom is 0.214 e. The van der Waals surface area contributed by atoms with Crippen molar-refractivity contribution in [2.75, 3.05) is 38.5 Å². The Hall–Kier alpha value is -2.21. The molecule has 0 amide bonds. The highest BCUT2D eigenvalue weighted by atomic mass is 32.2. The van der Waals surface area contributed by atoms with Crippen molar-refractivity contribution < 1.29 is 13.2 Å². The van der Waals surface area contributed by atoms with Crippen molar-refractivity contribution in [2.24, 2.45) is 0 Å². The summed E-state index contributed by atoms with van der Waals surface area (Å²) in [4.78, 5) is 15.0. The molecule has 162 valence electrons. The molecule has 0 unspecified atom stereocenters. The van der Waals surface area contributed by atoms with E-state index >= 15 is 0 Å². The van der Waals surface area contributed by atoms with Crippen molar-refractivity contribution in [1.29, 1.82) is 5.26 Å². The van der Waals surface area contributed by atoms with Crippen molar-refractivity contribution in [3.8, 4) is 6.07 Å². The summed E-state index contributed by atoms with van der Waals surface area (Å²) in [5.74, 6) is 0.239. The Morgan fingerprint density at radius 3 is 2.57 bits per heavy atom. The van der Waals surface area contributed by atoms with Crippen LogP contribution in [-0.4, -0.2) is 66.4 Å². The summed E-state index contributed by atoms with van der Waals surface area (Å²) < 4.78 is 28.5. The fourth-order valence-corrected chi connectivity index (χ4v) is 5.49. The van der Waals surface area contributed by atoms with Crippen molar-refractivity contribution in [2.45, 2.75) is 39.2 Å². The highest BCUT2D eigenvalue weighted by molar-refractivity contribution is 7.89. The number of benzene rings is 1. The number of Topliss-reactive ketones (excluding diaryl/α,β-unsaturated/α-hetero) is 1. The topological polar surface area (TPSA) is 86.4 Å². The SMILES string of the molecule is CCCCCS(=O)(=O)N1CCN(CC(=O)c2cn(CCC#N)c3ccccc23)CC1. The monoisotopic (exact) mass is 430 g/mol. The second-order valence-corrected chi connectivity index (χ2v) is 9.87. The van der Waals surface area contributed by atoms with Crippen LogP contribution in [0.15, 0.2) is 30.5 Å². The third-order valence-electron chi connectivity index (χ3n) is 5.65. The third-order valence-corrected chi connectivity index (χ3v) is 7.61. The van der Waals surface area contributed by atoms with Crippen molar-refractivity contribution in [3.05, 3.63) is 36.0 Å². The molecule has 2 heterocycles. The van der Waals surface area contributed by atoms with E-state index in [2.05, 4.69) is 13.0 Å². The zero-order valence-corrected chi connectivity index (χ0v) is 18.4. The Morgan fingerprint density at radius 2 is 1.87 bits per heavy atom. The standard InChI is InChI=1S/C22H30N4O3S/c1-2-3-6-16-30(28,29)26-14-12-24(13-15-26)18-22(27)20-17-25(11-7-10-23)21-9-5-4-8-19(20)21/h4-5,8-9,17H,2-3,6-7,11-16,18H2,1H3. The number of carbonyl (C=O) groups is 1. The van der Waals surface area contributed by atoms with E-state index in [4.69, 9.17) is 5.26 Å². The Bertz CT molecular complexity index is 1010. The van der Waals surface area contributed by atoms with Crippen LogP contribution in [-0.2, 0) is 16.6 Å². The smallest absolute Gasteiger partial charge is 0.214 e. The minimum absolute atomic E-state index is 0.0289. The second kappa shape index (κ2) is 10.2. The van der Waals surface area contributed by atoms with Crippen LogP contribution in [0.3, 0.4) is 0 Å². The van der Waals surface area contributed by atoms with Crippen molar-refractivity contribution in [3.63, 3.8) is 0 Å². The number of unbranched alkanes of at least 4 members (excludes halogenated alkanes) is 2. The van der Waals surface area contributed by atoms with E-state index in [-0.39, 0.29) is 18.1 Å². The lowest BCUT2D eigenvalue weighted by Gasteiger charge is -2.33. The van der Waals surface area contributed by atoms with E-state index < -0.39 is 10.0 Å². The molecule has 1 fully saturated rings. The molecule has 1 saturated heterocycles. The maximum atomic E-state index is 13.0. The van der Waals surface area contributed by atoms with E-state index in [9.17, 15) is 13.2 Å². The molecule has 8 heteroatoms. The number of aromatic nitrogens is 1. The number of piperazine rings is 1. The van der Waals surface area contributed by atoms with Gasteiger partial charge < -0.3 is 4.57 Å². The number of carbonyl (C=O) groups excluding carboxylic acids is 1. The van der Waals surface area contributed by atoms with Crippen LogP contribution in [0.5, 0.6) is 0 Å². The van der Waals surface area contributed by atoms with Gasteiger partial charge in [-0.3, -0.25) is 9.69 Å². The molecular weight excluding hydrogens is 400 g/mol. The zero-order valence-electron chi connectivity index (χ0n) is 17.6. The third kappa shape index (κ3) is 5.28. The first-order valence-electron chi connectivity index (χ1n) is 10.6. The van der Waals surface area contributed by atoms with Gasteiger partial charge in [0.2, 0.25) is 10.0 Å². The van der Waals surface area contributed by atoms with Gasteiger partial charge in [-0.05, 0) is 12.5 Å². The van der Waals surface area contributed by atoms with Crippen LogP contribution in [0, 0.1) is 11.3 Å². The van der Waals surface area contributed by atoms with Gasteiger partial charge >= 0.3 is 0 Å². The van der Waals surface area contributed by atoms with Gasteiger partial charge in [0.15, 0.2) is 5.78 Å². The van der Waals surface area contributed by atoms with Gasteiger partial charge in [-0.1, -0.05) is 38.0 Å². The molecule has 0 radical (unpaired) electrons. The minimum Gasteiger partial charge on any atom is -0.346 e. The van der Waals surface area contributed by atoms with Gasteiger partial charge in [-0.25, -0.2) is 8.42 Å². The number of para-hydroxylation sites is 1. The summed E-state index contributed by atoms with van der Waals surface area (Å²) in [6, 6.07) is 9.89. The van der Waals surface area contributed by atoms with Gasteiger partial charge in [-0.15, -0.1) is 0 Å². The Kier molecular flexibility index (Phi) is 7.64. The van der Waals surface area contributed by atoms with E-state index in [1.807, 2.05) is 39.9 Å². The van der Waals surface area contributed by atoms with Crippen LogP contribution in [0.2, 0.25) is 0 Å². The number of aryl methyl sites for hydroxylation is 1. The summed E-state index contributed by atoms with van der Waals surface area (Å²) in [7, 11) is -3.20. The number of nitriles is 1. The quantitative estimate of drug-likeness (QED) is 0.427. The summed E-state index contributed by atoms with van der Waals surface area (Å²) in [5.41, 5.74) is 1.62. The molecule has 0 saturated carbocycles. The van der Waals surface area contributed by atoms with Crippen LogP contribution < -0.4 is 0 Å². The number of rotatable bonds is 10. The fourth-order valence-electron chi connectivity index (χ4n) is 3.94. The van der Waals surface area contributed by atoms with E-state index in [0.717, 1.165) is 23.7 Å². The average Bonchev–Trinajstić information content (AvgIpc) is 3.11. The fraction of sp³-hybridized carbons (Fsp3) is 0.545. The molecule has 30 heavy (non-hydrogen) atoms. The second-order valence-electron chi connectivity index (χ2n) is 7.78. The Labute approximate surface area is 178 Å². The predicted octanol–water partition coefficient (Wildman–Crippen LogP) is 2.88. The van der Waals surface area contributed by atoms with Crippen molar-refractivity contribution >= 4 is 26.7 Å². The number of ketones is 1. The normalized spacial score (nSPS) is 16.0.